The molecule has 2 atom stereocenters. The number of fused-ring (bicyclic) bond motifs is 3. The van der Waals surface area contributed by atoms with Crippen LogP contribution in [0, 0.1) is 5.41 Å². The van der Waals surface area contributed by atoms with Crippen molar-refractivity contribution < 1.29 is 0 Å². The first-order valence-corrected chi connectivity index (χ1v) is 9.18. The maximum Gasteiger partial charge on any atom is 0.111 e. The molecule has 126 valence electrons. The number of benzene rings is 1. The average Bonchev–Trinajstić information content (AvgIpc) is 2.93. The molecular weight excluding hydrogens is 280 g/mol. The predicted octanol–water partition coefficient (Wildman–Crippen LogP) is 5.29. The van der Waals surface area contributed by atoms with E-state index in [4.69, 9.17) is 0 Å². The van der Waals surface area contributed by atoms with E-state index in [0.29, 0.717) is 6.17 Å². The molecule has 0 amide bonds. The number of nitrogens with zero attached hydrogens (tertiary/aromatic N) is 2. The van der Waals surface area contributed by atoms with Crippen molar-refractivity contribution in [2.45, 2.75) is 71.9 Å². The molecule has 0 aliphatic carbocycles. The van der Waals surface area contributed by atoms with E-state index in [9.17, 15) is 0 Å². The van der Waals surface area contributed by atoms with Crippen LogP contribution in [0.15, 0.2) is 30.6 Å². The molecule has 2 heteroatoms. The smallest absolute Gasteiger partial charge is 0.111 e. The maximum atomic E-state index is 2.51. The third-order valence-corrected chi connectivity index (χ3v) is 6.68. The van der Waals surface area contributed by atoms with Crippen molar-refractivity contribution in [1.29, 1.82) is 0 Å². The van der Waals surface area contributed by atoms with Gasteiger partial charge in [0.15, 0.2) is 0 Å². The fourth-order valence-corrected chi connectivity index (χ4v) is 4.62. The largest absolute Gasteiger partial charge is 0.358 e. The van der Waals surface area contributed by atoms with Crippen molar-refractivity contribution >= 4 is 5.69 Å². The second kappa shape index (κ2) is 5.58. The van der Waals surface area contributed by atoms with Gasteiger partial charge in [0.1, 0.15) is 6.17 Å². The summed E-state index contributed by atoms with van der Waals surface area (Å²) in [4.78, 5) is 4.91. The van der Waals surface area contributed by atoms with E-state index in [-0.39, 0.29) is 10.8 Å². The van der Waals surface area contributed by atoms with Gasteiger partial charge in [0, 0.05) is 36.0 Å². The lowest BCUT2D eigenvalue weighted by Gasteiger charge is -2.57. The summed E-state index contributed by atoms with van der Waals surface area (Å²) in [6.45, 7) is 11.9. The maximum absolute atomic E-state index is 2.51. The van der Waals surface area contributed by atoms with Crippen LogP contribution in [0.5, 0.6) is 0 Å². The summed E-state index contributed by atoms with van der Waals surface area (Å²) in [5, 5.41) is 0. The number of hydrogen-bond donors (Lipinski definition) is 0. The summed E-state index contributed by atoms with van der Waals surface area (Å²) in [7, 11) is 2.22. The molecule has 2 aliphatic rings. The highest BCUT2D eigenvalue weighted by molar-refractivity contribution is 5.65. The Bertz CT molecular complexity index is 616. The number of rotatable bonds is 4. The average molecular weight is 313 g/mol. The predicted molar refractivity (Wildman–Crippen MR) is 99.6 cm³/mol. The van der Waals surface area contributed by atoms with Gasteiger partial charge in [-0.1, -0.05) is 53.2 Å². The molecule has 0 fully saturated rings. The Morgan fingerprint density at radius 3 is 2.48 bits per heavy atom. The Kier molecular flexibility index (Phi) is 3.98. The van der Waals surface area contributed by atoms with Crippen LogP contribution in [0.2, 0.25) is 0 Å². The SMILES string of the molecule is CCCCc1ccc2c(c1)N1C=CN(C)C1C(C)(CC)C2(C)C. The first-order chi connectivity index (χ1) is 10.9. The normalized spacial score (nSPS) is 28.0. The summed E-state index contributed by atoms with van der Waals surface area (Å²) in [6, 6.07) is 7.20. The van der Waals surface area contributed by atoms with Gasteiger partial charge in [-0.3, -0.25) is 0 Å². The van der Waals surface area contributed by atoms with Crippen molar-refractivity contribution in [1.82, 2.24) is 4.90 Å². The van der Waals surface area contributed by atoms with Gasteiger partial charge in [-0.15, -0.1) is 0 Å². The molecule has 2 heterocycles. The van der Waals surface area contributed by atoms with Gasteiger partial charge in [-0.2, -0.15) is 0 Å². The van der Waals surface area contributed by atoms with E-state index in [1.54, 1.807) is 0 Å². The molecule has 0 spiro atoms. The standard InChI is InChI=1S/C21H32N2/c1-7-9-10-16-11-12-17-18(15-16)23-14-13-22(6)19(23)21(5,8-2)20(17,3)4/h11-15,19H,7-10H2,1-6H3. The van der Waals surface area contributed by atoms with E-state index < -0.39 is 0 Å². The highest BCUT2D eigenvalue weighted by Gasteiger charge is 2.55. The van der Waals surface area contributed by atoms with Gasteiger partial charge in [0.05, 0.1) is 0 Å². The Morgan fingerprint density at radius 1 is 1.09 bits per heavy atom. The summed E-state index contributed by atoms with van der Waals surface area (Å²) in [5.74, 6) is 0. The van der Waals surface area contributed by atoms with Crippen molar-refractivity contribution in [2.75, 3.05) is 11.9 Å². The van der Waals surface area contributed by atoms with Gasteiger partial charge >= 0.3 is 0 Å². The first kappa shape index (κ1) is 16.4. The van der Waals surface area contributed by atoms with Gasteiger partial charge < -0.3 is 9.80 Å². The highest BCUT2D eigenvalue weighted by atomic mass is 15.4. The van der Waals surface area contributed by atoms with E-state index in [0.717, 1.165) is 0 Å². The zero-order chi connectivity index (χ0) is 16.8. The summed E-state index contributed by atoms with van der Waals surface area (Å²) >= 11 is 0. The molecule has 0 radical (unpaired) electrons. The van der Waals surface area contributed by atoms with Gasteiger partial charge in [0.2, 0.25) is 0 Å². The number of hydrogen-bond acceptors (Lipinski definition) is 2. The van der Waals surface area contributed by atoms with Crippen molar-refractivity contribution in [3.8, 4) is 0 Å². The third-order valence-electron chi connectivity index (χ3n) is 6.68. The molecule has 2 aliphatic heterocycles. The molecule has 2 unspecified atom stereocenters. The van der Waals surface area contributed by atoms with Crippen LogP contribution in [-0.4, -0.2) is 18.1 Å². The molecule has 0 saturated heterocycles. The molecule has 1 aromatic rings. The van der Waals surface area contributed by atoms with Crippen molar-refractivity contribution in [3.63, 3.8) is 0 Å². The quantitative estimate of drug-likeness (QED) is 0.745. The van der Waals surface area contributed by atoms with E-state index >= 15 is 0 Å². The Hall–Kier alpha value is -1.44. The second-order valence-corrected chi connectivity index (χ2v) is 8.10. The fourth-order valence-electron chi connectivity index (χ4n) is 4.62. The minimum absolute atomic E-state index is 0.155. The summed E-state index contributed by atoms with van der Waals surface area (Å²) in [5.41, 5.74) is 4.76. The number of unbranched alkanes of at least 4 members (excludes halogenated alkanes) is 1. The molecular formula is C21H32N2. The topological polar surface area (TPSA) is 6.48 Å². The molecule has 2 nitrogen and oxygen atoms in total. The number of anilines is 1. The van der Waals surface area contributed by atoms with Crippen LogP contribution in [0.4, 0.5) is 5.69 Å². The van der Waals surface area contributed by atoms with Crippen LogP contribution < -0.4 is 4.90 Å². The van der Waals surface area contributed by atoms with E-state index in [1.165, 1.54) is 42.5 Å². The zero-order valence-corrected chi connectivity index (χ0v) is 15.7. The van der Waals surface area contributed by atoms with Gasteiger partial charge in [-0.25, -0.2) is 0 Å². The monoisotopic (exact) mass is 312 g/mol. The molecule has 0 N–H and O–H groups in total. The zero-order valence-electron chi connectivity index (χ0n) is 15.7. The molecule has 23 heavy (non-hydrogen) atoms. The van der Waals surface area contributed by atoms with E-state index in [2.05, 4.69) is 82.1 Å². The van der Waals surface area contributed by atoms with Crippen LogP contribution in [-0.2, 0) is 11.8 Å². The van der Waals surface area contributed by atoms with Gasteiger partial charge in [0.25, 0.3) is 0 Å². The molecule has 1 aromatic carbocycles. The molecule has 0 bridgehead atoms. The van der Waals surface area contributed by atoms with Crippen LogP contribution in [0.25, 0.3) is 0 Å². The lowest BCUT2D eigenvalue weighted by molar-refractivity contribution is 0.0527. The lowest BCUT2D eigenvalue weighted by Crippen LogP contribution is -2.60. The van der Waals surface area contributed by atoms with Crippen molar-refractivity contribution in [2.24, 2.45) is 5.41 Å². The highest BCUT2D eigenvalue weighted by Crippen LogP contribution is 2.57. The number of aryl methyl sites for hydroxylation is 1. The molecule has 0 aromatic heterocycles. The Morgan fingerprint density at radius 2 is 1.83 bits per heavy atom. The second-order valence-electron chi connectivity index (χ2n) is 8.10. The van der Waals surface area contributed by atoms with Crippen molar-refractivity contribution in [3.05, 3.63) is 41.7 Å². The minimum atomic E-state index is 0.155. The third kappa shape index (κ3) is 2.21. The fraction of sp³-hybridized carbons (Fsp3) is 0.619. The minimum Gasteiger partial charge on any atom is -0.358 e. The van der Waals surface area contributed by atoms with Gasteiger partial charge in [-0.05, 0) is 36.5 Å². The summed E-state index contributed by atoms with van der Waals surface area (Å²) in [6.07, 6.45) is 9.81. The molecule has 3 rings (SSSR count). The molecule has 0 saturated carbocycles. The Labute approximate surface area is 142 Å². The summed E-state index contributed by atoms with van der Waals surface area (Å²) < 4.78 is 0. The lowest BCUT2D eigenvalue weighted by atomic mass is 9.57. The van der Waals surface area contributed by atoms with Crippen LogP contribution in [0.3, 0.4) is 0 Å². The van der Waals surface area contributed by atoms with E-state index in [1.807, 2.05) is 0 Å². The van der Waals surface area contributed by atoms with Crippen LogP contribution in [0.1, 0.15) is 65.0 Å². The Balaban J connectivity index is 2.13. The van der Waals surface area contributed by atoms with Crippen LogP contribution >= 0.6 is 0 Å². The first-order valence-electron chi connectivity index (χ1n) is 9.18.